The van der Waals surface area contributed by atoms with E-state index in [9.17, 15) is 0 Å². The Bertz CT molecular complexity index is 413. The van der Waals surface area contributed by atoms with Gasteiger partial charge in [0.15, 0.2) is 0 Å². The maximum absolute atomic E-state index is 3.51. The average Bonchev–Trinajstić information content (AvgIpc) is 2.95. The molecule has 2 rings (SSSR count). The van der Waals surface area contributed by atoms with Gasteiger partial charge in [0.05, 0.1) is 0 Å². The van der Waals surface area contributed by atoms with Crippen LogP contribution in [0.5, 0.6) is 0 Å². The Hall–Kier alpha value is -0.380. The van der Waals surface area contributed by atoms with Gasteiger partial charge in [-0.1, -0.05) is 13.8 Å². The lowest BCUT2D eigenvalue weighted by Gasteiger charge is -2.27. The van der Waals surface area contributed by atoms with Gasteiger partial charge in [-0.3, -0.25) is 4.90 Å². The molecule has 0 bridgehead atoms. The predicted molar refractivity (Wildman–Crippen MR) is 89.4 cm³/mol. The first-order valence-corrected chi connectivity index (χ1v) is 9.02. The summed E-state index contributed by atoms with van der Waals surface area (Å²) in [6.07, 6.45) is 5.25. The first kappa shape index (κ1) is 16.0. The zero-order chi connectivity index (χ0) is 14.5. The standard InChI is InChI=1S/C17H30N2S/c1-5-9-18-11-17-10-15(14(4)20-17)12-19-13(3)7-8-16(19)6-2/h10,13,16,18H,5-9,11-12H2,1-4H3. The number of thiophene rings is 1. The summed E-state index contributed by atoms with van der Waals surface area (Å²) in [4.78, 5) is 5.72. The Morgan fingerprint density at radius 2 is 2.15 bits per heavy atom. The van der Waals surface area contributed by atoms with E-state index >= 15 is 0 Å². The van der Waals surface area contributed by atoms with Crippen molar-refractivity contribution in [1.82, 2.24) is 10.2 Å². The van der Waals surface area contributed by atoms with E-state index in [0.717, 1.165) is 31.7 Å². The topological polar surface area (TPSA) is 15.3 Å². The van der Waals surface area contributed by atoms with Crippen molar-refractivity contribution >= 4 is 11.3 Å². The van der Waals surface area contributed by atoms with E-state index in [1.54, 1.807) is 5.56 Å². The smallest absolute Gasteiger partial charge is 0.0299 e. The Morgan fingerprint density at radius 1 is 1.35 bits per heavy atom. The van der Waals surface area contributed by atoms with Crippen LogP contribution in [0.15, 0.2) is 6.07 Å². The molecule has 1 aromatic heterocycles. The van der Waals surface area contributed by atoms with Gasteiger partial charge in [0.1, 0.15) is 0 Å². The van der Waals surface area contributed by atoms with Gasteiger partial charge in [-0.15, -0.1) is 11.3 Å². The zero-order valence-corrected chi connectivity index (χ0v) is 14.4. The van der Waals surface area contributed by atoms with Gasteiger partial charge >= 0.3 is 0 Å². The largest absolute Gasteiger partial charge is 0.312 e. The average molecular weight is 295 g/mol. The molecule has 3 heteroatoms. The lowest BCUT2D eigenvalue weighted by atomic mass is 10.1. The highest BCUT2D eigenvalue weighted by Crippen LogP contribution is 2.30. The number of aryl methyl sites for hydroxylation is 1. The molecule has 2 nitrogen and oxygen atoms in total. The summed E-state index contributed by atoms with van der Waals surface area (Å²) >= 11 is 1.97. The second kappa shape index (κ2) is 7.58. The molecule has 0 spiro atoms. The van der Waals surface area contributed by atoms with Crippen LogP contribution < -0.4 is 5.32 Å². The molecule has 1 N–H and O–H groups in total. The maximum Gasteiger partial charge on any atom is 0.0299 e. The SMILES string of the molecule is CCCNCc1cc(CN2C(C)CCC2CC)c(C)s1. The van der Waals surface area contributed by atoms with Gasteiger partial charge in [-0.2, -0.15) is 0 Å². The van der Waals surface area contributed by atoms with Crippen LogP contribution in [0, 0.1) is 6.92 Å². The summed E-state index contributed by atoms with van der Waals surface area (Å²) in [5.41, 5.74) is 1.55. The van der Waals surface area contributed by atoms with Gasteiger partial charge in [-0.25, -0.2) is 0 Å². The number of hydrogen-bond acceptors (Lipinski definition) is 3. The summed E-state index contributed by atoms with van der Waals surface area (Å²) < 4.78 is 0. The molecule has 0 aliphatic carbocycles. The minimum atomic E-state index is 0.751. The second-order valence-corrected chi connectivity index (χ2v) is 7.47. The molecule has 1 fully saturated rings. The van der Waals surface area contributed by atoms with Crippen LogP contribution in [0.2, 0.25) is 0 Å². The normalized spacial score (nSPS) is 23.6. The van der Waals surface area contributed by atoms with E-state index in [0.29, 0.717) is 0 Å². The molecule has 1 saturated heterocycles. The van der Waals surface area contributed by atoms with Crippen molar-refractivity contribution in [2.24, 2.45) is 0 Å². The third-order valence-electron chi connectivity index (χ3n) is 4.57. The number of hydrogen-bond donors (Lipinski definition) is 1. The third-order valence-corrected chi connectivity index (χ3v) is 5.67. The summed E-state index contributed by atoms with van der Waals surface area (Å²) in [6.45, 7) is 12.5. The van der Waals surface area contributed by atoms with E-state index in [1.165, 1.54) is 35.4 Å². The van der Waals surface area contributed by atoms with Crippen molar-refractivity contribution in [3.05, 3.63) is 21.4 Å². The van der Waals surface area contributed by atoms with Gasteiger partial charge < -0.3 is 5.32 Å². The summed E-state index contributed by atoms with van der Waals surface area (Å²) in [5.74, 6) is 0. The van der Waals surface area contributed by atoms with Crippen LogP contribution in [0.1, 0.15) is 61.8 Å². The Balaban J connectivity index is 1.98. The molecule has 0 amide bonds. The fourth-order valence-electron chi connectivity index (χ4n) is 3.27. The molecule has 0 radical (unpaired) electrons. The van der Waals surface area contributed by atoms with E-state index in [4.69, 9.17) is 0 Å². The molecule has 2 heterocycles. The minimum Gasteiger partial charge on any atom is -0.312 e. The van der Waals surface area contributed by atoms with Crippen molar-refractivity contribution in [3.8, 4) is 0 Å². The number of rotatable bonds is 7. The molecule has 2 unspecified atom stereocenters. The Morgan fingerprint density at radius 3 is 2.85 bits per heavy atom. The monoisotopic (exact) mass is 294 g/mol. The van der Waals surface area contributed by atoms with Gasteiger partial charge in [0, 0.05) is 34.9 Å². The minimum absolute atomic E-state index is 0.751. The molecular weight excluding hydrogens is 264 g/mol. The quantitative estimate of drug-likeness (QED) is 0.753. The zero-order valence-electron chi connectivity index (χ0n) is 13.5. The molecule has 2 atom stereocenters. The van der Waals surface area contributed by atoms with E-state index in [1.807, 2.05) is 11.3 Å². The fraction of sp³-hybridized carbons (Fsp3) is 0.765. The highest BCUT2D eigenvalue weighted by Gasteiger charge is 2.29. The van der Waals surface area contributed by atoms with Crippen molar-refractivity contribution < 1.29 is 0 Å². The van der Waals surface area contributed by atoms with Gasteiger partial charge in [0.2, 0.25) is 0 Å². The van der Waals surface area contributed by atoms with Crippen molar-refractivity contribution in [2.45, 2.75) is 78.6 Å². The third kappa shape index (κ3) is 3.84. The molecular formula is C17H30N2S. The molecule has 20 heavy (non-hydrogen) atoms. The van der Waals surface area contributed by atoms with Crippen LogP contribution in [-0.4, -0.2) is 23.5 Å². The molecule has 1 aliphatic rings. The first-order chi connectivity index (χ1) is 9.65. The van der Waals surface area contributed by atoms with Crippen LogP contribution in [-0.2, 0) is 13.1 Å². The maximum atomic E-state index is 3.51. The highest BCUT2D eigenvalue weighted by atomic mass is 32.1. The molecule has 1 aromatic rings. The van der Waals surface area contributed by atoms with Crippen LogP contribution in [0.25, 0.3) is 0 Å². The predicted octanol–water partition coefficient (Wildman–Crippen LogP) is 4.32. The Labute approximate surface area is 128 Å². The van der Waals surface area contributed by atoms with E-state index in [2.05, 4.69) is 44.0 Å². The summed E-state index contributed by atoms with van der Waals surface area (Å²) in [5, 5.41) is 3.51. The second-order valence-electron chi connectivity index (χ2n) is 6.13. The Kier molecular flexibility index (Phi) is 6.06. The van der Waals surface area contributed by atoms with Crippen molar-refractivity contribution in [1.29, 1.82) is 0 Å². The van der Waals surface area contributed by atoms with Crippen LogP contribution in [0.4, 0.5) is 0 Å². The first-order valence-electron chi connectivity index (χ1n) is 8.20. The molecule has 0 aromatic carbocycles. The van der Waals surface area contributed by atoms with Crippen LogP contribution >= 0.6 is 11.3 Å². The highest BCUT2D eigenvalue weighted by molar-refractivity contribution is 7.12. The number of nitrogens with zero attached hydrogens (tertiary/aromatic N) is 1. The van der Waals surface area contributed by atoms with E-state index < -0.39 is 0 Å². The summed E-state index contributed by atoms with van der Waals surface area (Å²) in [6, 6.07) is 3.98. The lowest BCUT2D eigenvalue weighted by molar-refractivity contribution is 0.189. The van der Waals surface area contributed by atoms with E-state index in [-0.39, 0.29) is 0 Å². The van der Waals surface area contributed by atoms with Gasteiger partial charge in [-0.05, 0) is 57.7 Å². The summed E-state index contributed by atoms with van der Waals surface area (Å²) in [7, 11) is 0. The van der Waals surface area contributed by atoms with Gasteiger partial charge in [0.25, 0.3) is 0 Å². The van der Waals surface area contributed by atoms with Crippen LogP contribution in [0.3, 0.4) is 0 Å². The lowest BCUT2D eigenvalue weighted by Crippen LogP contribution is -2.33. The van der Waals surface area contributed by atoms with Crippen molar-refractivity contribution in [2.75, 3.05) is 6.54 Å². The molecule has 0 saturated carbocycles. The molecule has 114 valence electrons. The van der Waals surface area contributed by atoms with Crippen molar-refractivity contribution in [3.63, 3.8) is 0 Å². The number of nitrogens with one attached hydrogen (secondary N) is 1. The molecule has 1 aliphatic heterocycles. The number of likely N-dealkylation sites (tertiary alicyclic amines) is 1. The fourth-order valence-corrected chi connectivity index (χ4v) is 4.29.